The number of imide groups is 1. The van der Waals surface area contributed by atoms with E-state index in [1.807, 2.05) is 25.1 Å². The molecule has 0 fully saturated rings. The highest BCUT2D eigenvalue weighted by Crippen LogP contribution is 2.26. The lowest BCUT2D eigenvalue weighted by atomic mass is 10.0. The molecule has 0 saturated carbocycles. The highest BCUT2D eigenvalue weighted by Gasteiger charge is 2.37. The second-order valence-corrected chi connectivity index (χ2v) is 5.75. The molecule has 3 heteroatoms. The summed E-state index contributed by atoms with van der Waals surface area (Å²) in [4.78, 5) is 26.2. The highest BCUT2D eigenvalue weighted by atomic mass is 16.2. The van der Waals surface area contributed by atoms with Crippen molar-refractivity contribution in [2.24, 2.45) is 0 Å². The van der Waals surface area contributed by atoms with Gasteiger partial charge in [0, 0.05) is 6.04 Å². The topological polar surface area (TPSA) is 37.4 Å². The summed E-state index contributed by atoms with van der Waals surface area (Å²) in [6.45, 7) is 1.95. The average molecular weight is 293 g/mol. The Kier molecular flexibility index (Phi) is 4.05. The molecule has 22 heavy (non-hydrogen) atoms. The van der Waals surface area contributed by atoms with E-state index in [1.54, 1.807) is 24.3 Å². The van der Waals surface area contributed by atoms with E-state index >= 15 is 0 Å². The van der Waals surface area contributed by atoms with Gasteiger partial charge in [0.1, 0.15) is 0 Å². The first kappa shape index (κ1) is 14.5. The van der Waals surface area contributed by atoms with Crippen molar-refractivity contribution in [1.82, 2.24) is 4.90 Å². The Hall–Kier alpha value is -2.42. The standard InChI is InChI=1S/C19H19NO2/c1-14(8-7-11-15-9-3-2-4-10-15)20-18(21)16-12-5-6-13-17(16)19(20)22/h2-6,9-10,12-14H,7-8,11H2,1H3. The number of amides is 2. The molecule has 2 aromatic rings. The van der Waals surface area contributed by atoms with Crippen molar-refractivity contribution in [3.05, 3.63) is 71.3 Å². The second-order valence-electron chi connectivity index (χ2n) is 5.75. The van der Waals surface area contributed by atoms with Crippen molar-refractivity contribution < 1.29 is 9.59 Å². The van der Waals surface area contributed by atoms with Gasteiger partial charge in [0.25, 0.3) is 11.8 Å². The van der Waals surface area contributed by atoms with Gasteiger partial charge in [0.15, 0.2) is 0 Å². The van der Waals surface area contributed by atoms with Crippen molar-refractivity contribution in [3.8, 4) is 0 Å². The second kappa shape index (κ2) is 6.14. The van der Waals surface area contributed by atoms with Gasteiger partial charge in [0.2, 0.25) is 0 Å². The van der Waals surface area contributed by atoms with Gasteiger partial charge < -0.3 is 0 Å². The zero-order valence-electron chi connectivity index (χ0n) is 12.7. The summed E-state index contributed by atoms with van der Waals surface area (Å²) in [6.07, 6.45) is 2.74. The lowest BCUT2D eigenvalue weighted by Gasteiger charge is -2.22. The van der Waals surface area contributed by atoms with Gasteiger partial charge in [-0.1, -0.05) is 42.5 Å². The van der Waals surface area contributed by atoms with Crippen LogP contribution < -0.4 is 0 Å². The van der Waals surface area contributed by atoms with Gasteiger partial charge in [-0.05, 0) is 43.9 Å². The van der Waals surface area contributed by atoms with Crippen LogP contribution in [0, 0.1) is 0 Å². The summed E-state index contributed by atoms with van der Waals surface area (Å²) in [5.74, 6) is -0.319. The molecular weight excluding hydrogens is 274 g/mol. The summed E-state index contributed by atoms with van der Waals surface area (Å²) in [5.41, 5.74) is 2.35. The molecule has 0 N–H and O–H groups in total. The van der Waals surface area contributed by atoms with Gasteiger partial charge in [-0.2, -0.15) is 0 Å². The predicted octanol–water partition coefficient (Wildman–Crippen LogP) is 3.69. The smallest absolute Gasteiger partial charge is 0.261 e. The molecule has 1 unspecified atom stereocenters. The minimum Gasteiger partial charge on any atom is -0.272 e. The molecule has 0 spiro atoms. The van der Waals surface area contributed by atoms with E-state index in [2.05, 4.69) is 12.1 Å². The fraction of sp³-hybridized carbons (Fsp3) is 0.263. The van der Waals surface area contributed by atoms with Crippen LogP contribution in [0.15, 0.2) is 54.6 Å². The Morgan fingerprint density at radius 1 is 0.864 bits per heavy atom. The van der Waals surface area contributed by atoms with Gasteiger partial charge in [0.05, 0.1) is 11.1 Å². The van der Waals surface area contributed by atoms with Crippen molar-refractivity contribution in [2.75, 3.05) is 0 Å². The van der Waals surface area contributed by atoms with Crippen molar-refractivity contribution in [2.45, 2.75) is 32.2 Å². The van der Waals surface area contributed by atoms with Gasteiger partial charge in [-0.3, -0.25) is 14.5 Å². The van der Waals surface area contributed by atoms with Gasteiger partial charge >= 0.3 is 0 Å². The molecule has 2 aromatic carbocycles. The quantitative estimate of drug-likeness (QED) is 0.788. The molecule has 1 heterocycles. The Bertz CT molecular complexity index is 659. The fourth-order valence-electron chi connectivity index (χ4n) is 2.98. The number of aryl methyl sites for hydroxylation is 1. The van der Waals surface area contributed by atoms with Crippen LogP contribution in [0.3, 0.4) is 0 Å². The van der Waals surface area contributed by atoms with Crippen molar-refractivity contribution in [3.63, 3.8) is 0 Å². The number of fused-ring (bicyclic) bond motifs is 1. The largest absolute Gasteiger partial charge is 0.272 e. The molecule has 0 aromatic heterocycles. The van der Waals surface area contributed by atoms with Crippen LogP contribution in [-0.4, -0.2) is 22.8 Å². The Morgan fingerprint density at radius 2 is 1.41 bits per heavy atom. The van der Waals surface area contributed by atoms with Gasteiger partial charge in [-0.15, -0.1) is 0 Å². The summed E-state index contributed by atoms with van der Waals surface area (Å²) in [7, 11) is 0. The molecule has 112 valence electrons. The molecule has 1 aliphatic rings. The van der Waals surface area contributed by atoms with E-state index in [4.69, 9.17) is 0 Å². The molecule has 0 saturated heterocycles. The van der Waals surface area contributed by atoms with E-state index in [-0.39, 0.29) is 17.9 Å². The maximum atomic E-state index is 12.4. The lowest BCUT2D eigenvalue weighted by Crippen LogP contribution is -2.38. The molecule has 0 radical (unpaired) electrons. The predicted molar refractivity (Wildman–Crippen MR) is 85.8 cm³/mol. The van der Waals surface area contributed by atoms with Crippen LogP contribution in [0.5, 0.6) is 0 Å². The summed E-state index contributed by atoms with van der Waals surface area (Å²) in [5, 5.41) is 0. The number of benzene rings is 2. The van der Waals surface area contributed by atoms with Crippen molar-refractivity contribution in [1.29, 1.82) is 0 Å². The number of carbonyl (C=O) groups is 2. The highest BCUT2D eigenvalue weighted by molar-refractivity contribution is 6.21. The summed E-state index contributed by atoms with van der Waals surface area (Å²) < 4.78 is 0. The third kappa shape index (κ3) is 2.67. The minimum atomic E-state index is -0.159. The molecule has 3 rings (SSSR count). The average Bonchev–Trinajstić information content (AvgIpc) is 2.80. The number of carbonyl (C=O) groups excluding carboxylic acids is 2. The summed E-state index contributed by atoms with van der Waals surface area (Å²) >= 11 is 0. The fourth-order valence-corrected chi connectivity index (χ4v) is 2.98. The Balaban J connectivity index is 1.63. The van der Waals surface area contributed by atoms with Crippen LogP contribution in [0.4, 0.5) is 0 Å². The van der Waals surface area contributed by atoms with E-state index in [0.29, 0.717) is 11.1 Å². The van der Waals surface area contributed by atoms with Crippen LogP contribution in [-0.2, 0) is 6.42 Å². The molecule has 0 bridgehead atoms. The first-order valence-corrected chi connectivity index (χ1v) is 7.69. The number of rotatable bonds is 5. The van der Waals surface area contributed by atoms with E-state index in [1.165, 1.54) is 10.5 Å². The van der Waals surface area contributed by atoms with Crippen molar-refractivity contribution >= 4 is 11.8 Å². The van der Waals surface area contributed by atoms with E-state index < -0.39 is 0 Å². The number of hydrogen-bond donors (Lipinski definition) is 0. The monoisotopic (exact) mass is 293 g/mol. The third-order valence-corrected chi connectivity index (χ3v) is 4.20. The summed E-state index contributed by atoms with van der Waals surface area (Å²) in [6, 6.07) is 17.3. The van der Waals surface area contributed by atoms with Crippen LogP contribution in [0.1, 0.15) is 46.0 Å². The molecule has 0 aliphatic carbocycles. The third-order valence-electron chi connectivity index (χ3n) is 4.20. The zero-order chi connectivity index (χ0) is 15.5. The molecule has 1 atom stereocenters. The zero-order valence-corrected chi connectivity index (χ0v) is 12.7. The van der Waals surface area contributed by atoms with E-state index in [9.17, 15) is 9.59 Å². The first-order chi connectivity index (χ1) is 10.7. The van der Waals surface area contributed by atoms with Crippen LogP contribution >= 0.6 is 0 Å². The lowest BCUT2D eigenvalue weighted by molar-refractivity contribution is 0.0589. The molecular formula is C19H19NO2. The Labute approximate surface area is 130 Å². The first-order valence-electron chi connectivity index (χ1n) is 7.69. The molecule has 3 nitrogen and oxygen atoms in total. The molecule has 2 amide bonds. The number of nitrogens with zero attached hydrogens (tertiary/aromatic N) is 1. The maximum absolute atomic E-state index is 12.4. The van der Waals surface area contributed by atoms with Crippen LogP contribution in [0.25, 0.3) is 0 Å². The minimum absolute atomic E-state index is 0.0730. The maximum Gasteiger partial charge on any atom is 0.261 e. The number of hydrogen-bond acceptors (Lipinski definition) is 2. The Morgan fingerprint density at radius 3 is 2.00 bits per heavy atom. The normalized spacial score (nSPS) is 15.0. The van der Waals surface area contributed by atoms with Crippen LogP contribution in [0.2, 0.25) is 0 Å². The SMILES string of the molecule is CC(CCCc1ccccc1)N1C(=O)c2ccccc2C1=O. The molecule has 1 aliphatic heterocycles. The van der Waals surface area contributed by atoms with E-state index in [0.717, 1.165) is 19.3 Å². The van der Waals surface area contributed by atoms with Gasteiger partial charge in [-0.25, -0.2) is 0 Å².